The molecule has 2 aromatic rings. The predicted molar refractivity (Wildman–Crippen MR) is 104 cm³/mol. The van der Waals surface area contributed by atoms with Crippen LogP contribution in [0, 0.1) is 5.92 Å². The Kier molecular flexibility index (Phi) is 4.88. The second-order valence-corrected chi connectivity index (χ2v) is 7.06. The lowest BCUT2D eigenvalue weighted by Gasteiger charge is -2.20. The SMILES string of the molecule is CCc1ccccc1N1C[C@H](C(=O)OCN2C(=O)c3ccccc3C2=O)CC1=O. The van der Waals surface area contributed by atoms with Crippen molar-refractivity contribution < 1.29 is 23.9 Å². The number of hydrogen-bond acceptors (Lipinski definition) is 5. The first-order chi connectivity index (χ1) is 14.0. The molecule has 3 amide bonds. The van der Waals surface area contributed by atoms with Crippen molar-refractivity contribution in [2.45, 2.75) is 19.8 Å². The molecule has 2 aromatic carbocycles. The molecule has 1 saturated heterocycles. The van der Waals surface area contributed by atoms with Gasteiger partial charge in [-0.3, -0.25) is 19.2 Å². The highest BCUT2D eigenvalue weighted by Gasteiger charge is 2.39. The molecular formula is C22H20N2O5. The topological polar surface area (TPSA) is 84.0 Å². The highest BCUT2D eigenvalue weighted by Crippen LogP contribution is 2.29. The second-order valence-electron chi connectivity index (χ2n) is 7.06. The van der Waals surface area contributed by atoms with Crippen molar-refractivity contribution >= 4 is 29.4 Å². The van der Waals surface area contributed by atoms with Gasteiger partial charge in [0.1, 0.15) is 0 Å². The number of esters is 1. The molecule has 7 heteroatoms. The van der Waals surface area contributed by atoms with Crippen molar-refractivity contribution in [3.63, 3.8) is 0 Å². The number of benzene rings is 2. The van der Waals surface area contributed by atoms with Crippen LogP contribution in [0.15, 0.2) is 48.5 Å². The van der Waals surface area contributed by atoms with Crippen LogP contribution in [0.25, 0.3) is 0 Å². The number of carbonyl (C=O) groups excluding carboxylic acids is 4. The molecule has 1 fully saturated rings. The lowest BCUT2D eigenvalue weighted by molar-refractivity contribution is -0.151. The third-order valence-electron chi connectivity index (χ3n) is 5.34. The maximum Gasteiger partial charge on any atom is 0.313 e. The molecule has 2 heterocycles. The summed E-state index contributed by atoms with van der Waals surface area (Å²) in [4.78, 5) is 52.2. The van der Waals surface area contributed by atoms with Crippen LogP contribution in [-0.4, -0.2) is 41.9 Å². The molecule has 2 aliphatic rings. The minimum atomic E-state index is -0.636. The Hall–Kier alpha value is -3.48. The van der Waals surface area contributed by atoms with E-state index >= 15 is 0 Å². The standard InChI is InChI=1S/C22H20N2O5/c1-2-14-7-3-6-10-18(14)23-12-15(11-19(23)25)22(28)29-13-24-20(26)16-8-4-5-9-17(16)21(24)27/h3-10,15H,2,11-13H2,1H3/t15-/m1/s1. The van der Waals surface area contributed by atoms with E-state index in [0.29, 0.717) is 11.1 Å². The molecule has 0 N–H and O–H groups in total. The van der Waals surface area contributed by atoms with Crippen LogP contribution in [0.1, 0.15) is 39.6 Å². The quantitative estimate of drug-likeness (QED) is 0.576. The third-order valence-corrected chi connectivity index (χ3v) is 5.34. The van der Waals surface area contributed by atoms with Crippen molar-refractivity contribution in [1.29, 1.82) is 0 Å². The zero-order chi connectivity index (χ0) is 20.5. The molecule has 0 aliphatic carbocycles. The summed E-state index contributed by atoms with van der Waals surface area (Å²) in [6, 6.07) is 14.1. The molecule has 29 heavy (non-hydrogen) atoms. The van der Waals surface area contributed by atoms with E-state index in [0.717, 1.165) is 22.6 Å². The maximum absolute atomic E-state index is 12.5. The molecule has 0 unspecified atom stereocenters. The number of imide groups is 1. The van der Waals surface area contributed by atoms with Crippen LogP contribution >= 0.6 is 0 Å². The average molecular weight is 392 g/mol. The van der Waals surface area contributed by atoms with Gasteiger partial charge in [-0.15, -0.1) is 0 Å². The summed E-state index contributed by atoms with van der Waals surface area (Å²) in [5.74, 6) is -2.35. The van der Waals surface area contributed by atoms with Gasteiger partial charge in [0.05, 0.1) is 17.0 Å². The fourth-order valence-electron chi connectivity index (χ4n) is 3.77. The Labute approximate surface area is 167 Å². The van der Waals surface area contributed by atoms with Crippen molar-refractivity contribution in [1.82, 2.24) is 4.90 Å². The molecule has 7 nitrogen and oxygen atoms in total. The number of rotatable bonds is 5. The molecular weight excluding hydrogens is 372 g/mol. The van der Waals surface area contributed by atoms with E-state index in [-0.39, 0.29) is 18.9 Å². The molecule has 0 radical (unpaired) electrons. The van der Waals surface area contributed by atoms with Crippen LogP contribution in [0.5, 0.6) is 0 Å². The van der Waals surface area contributed by atoms with Crippen LogP contribution in [-0.2, 0) is 20.7 Å². The van der Waals surface area contributed by atoms with Gasteiger partial charge in [-0.25, -0.2) is 4.90 Å². The van der Waals surface area contributed by atoms with E-state index in [4.69, 9.17) is 4.74 Å². The van der Waals surface area contributed by atoms with Crippen LogP contribution in [0.4, 0.5) is 5.69 Å². The van der Waals surface area contributed by atoms with E-state index in [2.05, 4.69) is 0 Å². The van der Waals surface area contributed by atoms with E-state index in [9.17, 15) is 19.2 Å². The summed E-state index contributed by atoms with van der Waals surface area (Å²) in [6.45, 7) is 1.77. The maximum atomic E-state index is 12.5. The molecule has 0 spiro atoms. The van der Waals surface area contributed by atoms with Gasteiger partial charge in [-0.2, -0.15) is 0 Å². The van der Waals surface area contributed by atoms with Crippen molar-refractivity contribution in [3.05, 3.63) is 65.2 Å². The van der Waals surface area contributed by atoms with E-state index in [1.165, 1.54) is 0 Å². The van der Waals surface area contributed by atoms with Gasteiger partial charge < -0.3 is 9.64 Å². The Morgan fingerprint density at radius 1 is 1.00 bits per heavy atom. The van der Waals surface area contributed by atoms with Gasteiger partial charge in [-0.1, -0.05) is 37.3 Å². The molecule has 148 valence electrons. The molecule has 0 aromatic heterocycles. The number of ether oxygens (including phenoxy) is 1. The first kappa shape index (κ1) is 18.9. The highest BCUT2D eigenvalue weighted by atomic mass is 16.5. The summed E-state index contributed by atoms with van der Waals surface area (Å²) in [5, 5.41) is 0. The van der Waals surface area contributed by atoms with Crippen LogP contribution in [0.2, 0.25) is 0 Å². The van der Waals surface area contributed by atoms with Gasteiger partial charge in [0.15, 0.2) is 6.73 Å². The Morgan fingerprint density at radius 3 is 2.28 bits per heavy atom. The number of fused-ring (bicyclic) bond motifs is 1. The molecule has 2 aliphatic heterocycles. The smallest absolute Gasteiger partial charge is 0.313 e. The third kappa shape index (κ3) is 3.29. The summed E-state index contributed by atoms with van der Waals surface area (Å²) < 4.78 is 5.24. The van der Waals surface area contributed by atoms with Crippen LogP contribution < -0.4 is 4.90 Å². The normalized spacial score (nSPS) is 18.4. The zero-order valence-electron chi connectivity index (χ0n) is 16.0. The van der Waals surface area contributed by atoms with Gasteiger partial charge in [0, 0.05) is 18.7 Å². The monoisotopic (exact) mass is 392 g/mol. The number of hydrogen-bond donors (Lipinski definition) is 0. The highest BCUT2D eigenvalue weighted by molar-refractivity contribution is 6.21. The fourth-order valence-corrected chi connectivity index (χ4v) is 3.77. The first-order valence-electron chi connectivity index (χ1n) is 9.51. The molecule has 0 saturated carbocycles. The lowest BCUT2D eigenvalue weighted by atomic mass is 10.1. The summed E-state index contributed by atoms with van der Waals surface area (Å²) >= 11 is 0. The Balaban J connectivity index is 1.41. The van der Waals surface area contributed by atoms with Crippen molar-refractivity contribution in [2.75, 3.05) is 18.2 Å². The minimum absolute atomic E-state index is 0.0407. The van der Waals surface area contributed by atoms with E-state index in [1.807, 2.05) is 31.2 Å². The lowest BCUT2D eigenvalue weighted by Crippen LogP contribution is -2.35. The number of para-hydroxylation sites is 1. The van der Waals surface area contributed by atoms with E-state index < -0.39 is 30.4 Å². The van der Waals surface area contributed by atoms with Crippen molar-refractivity contribution in [3.8, 4) is 0 Å². The Bertz CT molecular complexity index is 981. The zero-order valence-corrected chi connectivity index (χ0v) is 16.0. The number of aryl methyl sites for hydroxylation is 1. The second kappa shape index (κ2) is 7.50. The summed E-state index contributed by atoms with van der Waals surface area (Å²) in [6.07, 6.45) is 0.813. The molecule has 0 bridgehead atoms. The van der Waals surface area contributed by atoms with Gasteiger partial charge in [-0.05, 0) is 30.2 Å². The van der Waals surface area contributed by atoms with Gasteiger partial charge in [0.25, 0.3) is 11.8 Å². The molecule has 4 rings (SSSR count). The summed E-state index contributed by atoms with van der Waals surface area (Å²) in [5.41, 5.74) is 2.43. The Morgan fingerprint density at radius 2 is 1.62 bits per heavy atom. The number of anilines is 1. The van der Waals surface area contributed by atoms with Crippen LogP contribution in [0.3, 0.4) is 0 Å². The van der Waals surface area contributed by atoms with E-state index in [1.54, 1.807) is 29.2 Å². The number of amides is 3. The van der Waals surface area contributed by atoms with Crippen molar-refractivity contribution in [2.24, 2.45) is 5.92 Å². The first-order valence-corrected chi connectivity index (χ1v) is 9.51. The molecule has 1 atom stereocenters. The summed E-state index contributed by atoms with van der Waals surface area (Å²) in [7, 11) is 0. The fraction of sp³-hybridized carbons (Fsp3) is 0.273. The van der Waals surface area contributed by atoms with Gasteiger partial charge in [0.2, 0.25) is 5.91 Å². The average Bonchev–Trinajstić information content (AvgIpc) is 3.25. The number of nitrogens with zero attached hydrogens (tertiary/aromatic N) is 2. The predicted octanol–water partition coefficient (Wildman–Crippen LogP) is 2.40. The minimum Gasteiger partial charge on any atom is -0.443 e. The van der Waals surface area contributed by atoms with Gasteiger partial charge >= 0.3 is 5.97 Å². The largest absolute Gasteiger partial charge is 0.443 e. The number of carbonyl (C=O) groups is 4.